The van der Waals surface area contributed by atoms with Crippen LogP contribution in [0.25, 0.3) is 0 Å². The van der Waals surface area contributed by atoms with E-state index in [1.807, 2.05) is 22.3 Å². The summed E-state index contributed by atoms with van der Waals surface area (Å²) >= 11 is 1.69. The van der Waals surface area contributed by atoms with Crippen LogP contribution in [0.15, 0.2) is 39.2 Å². The van der Waals surface area contributed by atoms with Gasteiger partial charge in [-0.25, -0.2) is 9.48 Å². The monoisotopic (exact) mass is 345 g/mol. The number of oxazole rings is 1. The molecule has 124 valence electrons. The number of thiophene rings is 1. The van der Waals surface area contributed by atoms with E-state index in [2.05, 4.69) is 25.8 Å². The van der Waals surface area contributed by atoms with E-state index in [1.54, 1.807) is 16.2 Å². The van der Waals surface area contributed by atoms with E-state index in [9.17, 15) is 9.59 Å². The third-order valence-corrected chi connectivity index (χ3v) is 4.84. The number of nitrogens with one attached hydrogen (secondary N) is 1. The molecule has 1 fully saturated rings. The van der Waals surface area contributed by atoms with Crippen LogP contribution in [0.1, 0.15) is 21.1 Å². The van der Waals surface area contributed by atoms with Gasteiger partial charge in [-0.3, -0.25) is 9.78 Å². The average molecular weight is 345 g/mol. The molecule has 1 aliphatic heterocycles. The summed E-state index contributed by atoms with van der Waals surface area (Å²) in [5, 5.41) is 10.4. The van der Waals surface area contributed by atoms with Gasteiger partial charge in [0.25, 0.3) is 5.91 Å². The van der Waals surface area contributed by atoms with Crippen molar-refractivity contribution in [3.8, 4) is 0 Å². The van der Waals surface area contributed by atoms with E-state index >= 15 is 0 Å². The SMILES string of the molecule is O=C(c1coc(=O)[nH]1)N1CC(Cc2cn(Cc3cccs3)nn2)C1. The summed E-state index contributed by atoms with van der Waals surface area (Å²) in [6, 6.07) is 4.09. The van der Waals surface area contributed by atoms with Gasteiger partial charge in [-0.2, -0.15) is 0 Å². The van der Waals surface area contributed by atoms with Gasteiger partial charge in [-0.1, -0.05) is 11.3 Å². The molecule has 1 saturated heterocycles. The first kappa shape index (κ1) is 14.9. The Labute approximate surface area is 140 Å². The molecular formula is C15H15N5O3S. The number of carbonyl (C=O) groups is 1. The molecule has 0 bridgehead atoms. The highest BCUT2D eigenvalue weighted by atomic mass is 32.1. The van der Waals surface area contributed by atoms with E-state index in [1.165, 1.54) is 4.88 Å². The molecule has 1 aliphatic rings. The Morgan fingerprint density at radius 3 is 3.04 bits per heavy atom. The molecule has 3 aromatic heterocycles. The fourth-order valence-electron chi connectivity index (χ4n) is 2.79. The van der Waals surface area contributed by atoms with Crippen molar-refractivity contribution in [1.29, 1.82) is 0 Å². The first-order chi connectivity index (χ1) is 11.7. The standard InChI is InChI=1S/C15H15N5O3S/c21-14(13-9-23-15(22)16-13)19-5-10(6-19)4-11-7-20(18-17-11)8-12-2-1-3-24-12/h1-3,7,9-10H,4-6,8H2,(H,16,22). The van der Waals surface area contributed by atoms with Crippen LogP contribution in [0, 0.1) is 5.92 Å². The largest absolute Gasteiger partial charge is 0.416 e. The Morgan fingerprint density at radius 2 is 2.33 bits per heavy atom. The van der Waals surface area contributed by atoms with Gasteiger partial charge >= 0.3 is 5.76 Å². The third-order valence-electron chi connectivity index (χ3n) is 3.98. The van der Waals surface area contributed by atoms with Crippen LogP contribution in [0.4, 0.5) is 0 Å². The highest BCUT2D eigenvalue weighted by Crippen LogP contribution is 2.21. The van der Waals surface area contributed by atoms with Crippen LogP contribution < -0.4 is 5.76 Å². The molecule has 0 unspecified atom stereocenters. The molecule has 0 spiro atoms. The van der Waals surface area contributed by atoms with Crippen molar-refractivity contribution < 1.29 is 9.21 Å². The Hall–Kier alpha value is -2.68. The predicted octanol–water partition coefficient (Wildman–Crippen LogP) is 0.984. The number of aromatic amines is 1. The molecule has 0 atom stereocenters. The van der Waals surface area contributed by atoms with Crippen molar-refractivity contribution in [2.75, 3.05) is 13.1 Å². The highest BCUT2D eigenvalue weighted by Gasteiger charge is 2.32. The van der Waals surface area contributed by atoms with Crippen LogP contribution >= 0.6 is 11.3 Å². The fraction of sp³-hybridized carbons (Fsp3) is 0.333. The van der Waals surface area contributed by atoms with Crippen molar-refractivity contribution in [1.82, 2.24) is 24.9 Å². The van der Waals surface area contributed by atoms with Gasteiger partial charge in [0.2, 0.25) is 0 Å². The molecule has 8 nitrogen and oxygen atoms in total. The van der Waals surface area contributed by atoms with Crippen molar-refractivity contribution in [2.45, 2.75) is 13.0 Å². The van der Waals surface area contributed by atoms with Crippen molar-refractivity contribution in [3.05, 3.63) is 56.8 Å². The summed E-state index contributed by atoms with van der Waals surface area (Å²) in [6.07, 6.45) is 3.90. The van der Waals surface area contributed by atoms with E-state index in [4.69, 9.17) is 0 Å². The number of likely N-dealkylation sites (tertiary alicyclic amines) is 1. The van der Waals surface area contributed by atoms with Gasteiger partial charge in [0.15, 0.2) is 0 Å². The Kier molecular flexibility index (Phi) is 3.77. The lowest BCUT2D eigenvalue weighted by Gasteiger charge is -2.38. The number of amides is 1. The van der Waals surface area contributed by atoms with Crippen LogP contribution in [-0.4, -0.2) is 43.9 Å². The summed E-state index contributed by atoms with van der Waals surface area (Å²) < 4.78 is 6.43. The molecule has 0 radical (unpaired) electrons. The van der Waals surface area contributed by atoms with Crippen LogP contribution in [0.2, 0.25) is 0 Å². The lowest BCUT2D eigenvalue weighted by Crippen LogP contribution is -2.50. The zero-order valence-electron chi connectivity index (χ0n) is 12.7. The first-order valence-electron chi connectivity index (χ1n) is 7.56. The zero-order chi connectivity index (χ0) is 16.5. The maximum atomic E-state index is 12.1. The minimum atomic E-state index is -0.613. The molecule has 0 aliphatic carbocycles. The number of carbonyl (C=O) groups excluding carboxylic acids is 1. The second kappa shape index (κ2) is 6.08. The van der Waals surface area contributed by atoms with Gasteiger partial charge in [0.1, 0.15) is 12.0 Å². The van der Waals surface area contributed by atoms with Crippen LogP contribution in [-0.2, 0) is 13.0 Å². The van der Waals surface area contributed by atoms with Gasteiger partial charge in [0.05, 0.1) is 12.2 Å². The highest BCUT2D eigenvalue weighted by molar-refractivity contribution is 7.09. The quantitative estimate of drug-likeness (QED) is 0.743. The number of aromatic nitrogens is 4. The third kappa shape index (κ3) is 3.02. The van der Waals surface area contributed by atoms with Gasteiger partial charge in [0, 0.05) is 24.2 Å². The summed E-state index contributed by atoms with van der Waals surface area (Å²) in [5.41, 5.74) is 1.13. The average Bonchev–Trinajstić information content (AvgIpc) is 3.25. The molecule has 1 amide bonds. The second-order valence-electron chi connectivity index (χ2n) is 5.83. The van der Waals surface area contributed by atoms with Gasteiger partial charge < -0.3 is 9.32 Å². The number of nitrogens with zero attached hydrogens (tertiary/aromatic N) is 4. The minimum Gasteiger partial charge on any atom is -0.416 e. The number of hydrogen-bond donors (Lipinski definition) is 1. The van der Waals surface area contributed by atoms with Crippen molar-refractivity contribution >= 4 is 17.2 Å². The molecule has 0 aromatic carbocycles. The van der Waals surface area contributed by atoms with E-state index in [0.29, 0.717) is 19.0 Å². The van der Waals surface area contributed by atoms with E-state index in [0.717, 1.165) is 24.9 Å². The maximum Gasteiger partial charge on any atom is 0.416 e. The lowest BCUT2D eigenvalue weighted by molar-refractivity contribution is 0.0493. The van der Waals surface area contributed by atoms with Gasteiger partial charge in [-0.15, -0.1) is 16.4 Å². The smallest absolute Gasteiger partial charge is 0.416 e. The molecular weight excluding hydrogens is 330 g/mol. The van der Waals surface area contributed by atoms with Crippen molar-refractivity contribution in [2.24, 2.45) is 5.92 Å². The predicted molar refractivity (Wildman–Crippen MR) is 85.9 cm³/mol. The van der Waals surface area contributed by atoms with E-state index in [-0.39, 0.29) is 11.6 Å². The van der Waals surface area contributed by atoms with Gasteiger partial charge in [-0.05, 0) is 23.8 Å². The maximum absolute atomic E-state index is 12.1. The summed E-state index contributed by atoms with van der Waals surface area (Å²) in [5.74, 6) is -0.462. The fourth-order valence-corrected chi connectivity index (χ4v) is 3.48. The zero-order valence-corrected chi connectivity index (χ0v) is 13.5. The van der Waals surface area contributed by atoms with E-state index < -0.39 is 5.76 Å². The minimum absolute atomic E-state index is 0.195. The topological polar surface area (TPSA) is 97.0 Å². The Bertz CT molecular complexity index is 888. The molecule has 24 heavy (non-hydrogen) atoms. The molecule has 1 N–H and O–H groups in total. The molecule has 9 heteroatoms. The lowest BCUT2D eigenvalue weighted by atomic mass is 9.94. The Balaban J connectivity index is 1.30. The summed E-state index contributed by atoms with van der Waals surface area (Å²) in [4.78, 5) is 28.3. The number of hydrogen-bond acceptors (Lipinski definition) is 6. The van der Waals surface area contributed by atoms with Crippen molar-refractivity contribution in [3.63, 3.8) is 0 Å². The molecule has 4 rings (SSSR count). The number of H-pyrrole nitrogens is 1. The molecule has 3 aromatic rings. The summed E-state index contributed by atoms with van der Waals surface area (Å²) in [6.45, 7) is 2.02. The Morgan fingerprint density at radius 1 is 1.46 bits per heavy atom. The number of rotatable bonds is 5. The first-order valence-corrected chi connectivity index (χ1v) is 8.44. The summed E-state index contributed by atoms with van der Waals surface area (Å²) in [7, 11) is 0. The molecule has 0 saturated carbocycles. The van der Waals surface area contributed by atoms with Crippen LogP contribution in [0.5, 0.6) is 0 Å². The normalized spacial score (nSPS) is 14.8. The van der Waals surface area contributed by atoms with Crippen LogP contribution in [0.3, 0.4) is 0 Å². The molecule has 4 heterocycles. The second-order valence-corrected chi connectivity index (χ2v) is 6.86.